The van der Waals surface area contributed by atoms with Gasteiger partial charge in [0.2, 0.25) is 10.0 Å². The van der Waals surface area contributed by atoms with Gasteiger partial charge in [0.15, 0.2) is 0 Å². The first-order chi connectivity index (χ1) is 9.66. The Morgan fingerprint density at radius 2 is 1.71 bits per heavy atom. The van der Waals surface area contributed by atoms with Crippen molar-refractivity contribution in [3.05, 3.63) is 0 Å². The Labute approximate surface area is 129 Å². The molecule has 2 fully saturated rings. The van der Waals surface area contributed by atoms with Gasteiger partial charge >= 0.3 is 0 Å². The summed E-state index contributed by atoms with van der Waals surface area (Å²) in [7, 11) is -3.03. The fourth-order valence-corrected chi connectivity index (χ4v) is 3.99. The van der Waals surface area contributed by atoms with E-state index in [0.29, 0.717) is 30.5 Å². The number of hydrogen-bond acceptors (Lipinski definition) is 4. The highest BCUT2D eigenvalue weighted by Crippen LogP contribution is 2.34. The first-order valence-corrected chi connectivity index (χ1v) is 9.80. The number of hydrogen-bond donors (Lipinski definition) is 0. The molecular weight excluding hydrogens is 288 g/mol. The lowest BCUT2D eigenvalue weighted by Gasteiger charge is -2.40. The minimum Gasteiger partial charge on any atom is -0.377 e. The van der Waals surface area contributed by atoms with Crippen LogP contribution in [0, 0.1) is 11.3 Å². The third-order valence-electron chi connectivity index (χ3n) is 4.86. The van der Waals surface area contributed by atoms with Crippen LogP contribution in [0.1, 0.15) is 33.6 Å². The molecule has 0 spiro atoms. The Kier molecular flexibility index (Phi) is 5.34. The maximum atomic E-state index is 11.5. The molecule has 0 aliphatic carbocycles. The second kappa shape index (κ2) is 6.52. The number of nitrogens with zero attached hydrogens (tertiary/aromatic N) is 2. The topological polar surface area (TPSA) is 49.9 Å². The highest BCUT2D eigenvalue weighted by atomic mass is 32.2. The minimum atomic E-state index is -3.03. The number of sulfonamides is 1. The summed E-state index contributed by atoms with van der Waals surface area (Å²) in [6, 6.07) is 0. The number of piperazine rings is 1. The van der Waals surface area contributed by atoms with Gasteiger partial charge in [0.05, 0.1) is 19.0 Å². The van der Waals surface area contributed by atoms with Crippen LogP contribution in [0.2, 0.25) is 0 Å². The summed E-state index contributed by atoms with van der Waals surface area (Å²) >= 11 is 0. The van der Waals surface area contributed by atoms with Crippen LogP contribution in [0.5, 0.6) is 0 Å². The minimum absolute atomic E-state index is 0.313. The molecule has 0 aromatic heterocycles. The van der Waals surface area contributed by atoms with Gasteiger partial charge in [-0.05, 0) is 24.2 Å². The zero-order valence-corrected chi connectivity index (χ0v) is 14.7. The summed E-state index contributed by atoms with van der Waals surface area (Å²) in [5.74, 6) is 0.649. The zero-order valence-electron chi connectivity index (χ0n) is 13.8. The van der Waals surface area contributed by atoms with Crippen LogP contribution in [-0.2, 0) is 14.8 Å². The van der Waals surface area contributed by atoms with Crippen LogP contribution in [0.3, 0.4) is 0 Å². The van der Waals surface area contributed by atoms with E-state index in [-0.39, 0.29) is 0 Å². The maximum absolute atomic E-state index is 11.5. The van der Waals surface area contributed by atoms with E-state index in [1.54, 1.807) is 4.31 Å². The van der Waals surface area contributed by atoms with Crippen molar-refractivity contribution in [1.29, 1.82) is 0 Å². The molecule has 2 rings (SSSR count). The molecule has 2 unspecified atom stereocenters. The van der Waals surface area contributed by atoms with Crippen molar-refractivity contribution in [2.45, 2.75) is 39.7 Å². The molecule has 2 aliphatic heterocycles. The first kappa shape index (κ1) is 17.2. The molecule has 5 nitrogen and oxygen atoms in total. The van der Waals surface area contributed by atoms with E-state index in [1.165, 1.54) is 12.7 Å². The second-order valence-corrected chi connectivity index (χ2v) is 9.54. The van der Waals surface area contributed by atoms with Crippen molar-refractivity contribution in [2.75, 3.05) is 45.6 Å². The number of ether oxygens (including phenoxy) is 1. The largest absolute Gasteiger partial charge is 0.377 e. The highest BCUT2D eigenvalue weighted by Gasteiger charge is 2.32. The molecule has 21 heavy (non-hydrogen) atoms. The van der Waals surface area contributed by atoms with Crippen molar-refractivity contribution in [3.8, 4) is 0 Å². The molecule has 6 heteroatoms. The molecule has 2 saturated heterocycles. The zero-order chi connectivity index (χ0) is 15.7. The van der Waals surface area contributed by atoms with Gasteiger partial charge in [0.1, 0.15) is 0 Å². The Balaban J connectivity index is 1.73. The predicted molar refractivity (Wildman–Crippen MR) is 84.8 cm³/mol. The van der Waals surface area contributed by atoms with E-state index in [2.05, 4.69) is 25.7 Å². The lowest BCUT2D eigenvalue weighted by Crippen LogP contribution is -2.51. The lowest BCUT2D eigenvalue weighted by molar-refractivity contribution is -0.0602. The van der Waals surface area contributed by atoms with Crippen molar-refractivity contribution >= 4 is 10.0 Å². The third-order valence-corrected chi connectivity index (χ3v) is 6.16. The molecule has 0 radical (unpaired) electrons. The van der Waals surface area contributed by atoms with Gasteiger partial charge < -0.3 is 4.74 Å². The van der Waals surface area contributed by atoms with Crippen LogP contribution in [-0.4, -0.2) is 69.3 Å². The molecule has 0 amide bonds. The van der Waals surface area contributed by atoms with Crippen molar-refractivity contribution in [1.82, 2.24) is 9.21 Å². The van der Waals surface area contributed by atoms with E-state index >= 15 is 0 Å². The Bertz CT molecular complexity index is 428. The maximum Gasteiger partial charge on any atom is 0.211 e. The fourth-order valence-electron chi connectivity index (χ4n) is 3.16. The van der Waals surface area contributed by atoms with Crippen LogP contribution in [0.15, 0.2) is 0 Å². The molecule has 0 aromatic carbocycles. The molecule has 124 valence electrons. The van der Waals surface area contributed by atoms with Gasteiger partial charge in [-0.15, -0.1) is 0 Å². The Morgan fingerprint density at radius 3 is 2.14 bits per heavy atom. The van der Waals surface area contributed by atoms with Gasteiger partial charge in [0, 0.05) is 32.7 Å². The Morgan fingerprint density at radius 1 is 1.10 bits per heavy atom. The lowest BCUT2D eigenvalue weighted by atomic mass is 9.77. The van der Waals surface area contributed by atoms with E-state index < -0.39 is 10.0 Å². The van der Waals surface area contributed by atoms with E-state index in [1.807, 2.05) is 0 Å². The van der Waals surface area contributed by atoms with Gasteiger partial charge in [-0.1, -0.05) is 20.8 Å². The SMILES string of the molecule is CC(C)(C)C1CCC(CN2CCN(S(C)(=O)=O)CC2)OC1. The Hall–Kier alpha value is -0.170. The molecule has 0 bridgehead atoms. The van der Waals surface area contributed by atoms with E-state index in [9.17, 15) is 8.42 Å². The molecule has 2 aliphatic rings. The highest BCUT2D eigenvalue weighted by molar-refractivity contribution is 7.88. The smallest absolute Gasteiger partial charge is 0.211 e. The average molecular weight is 318 g/mol. The first-order valence-electron chi connectivity index (χ1n) is 7.95. The summed E-state index contributed by atoms with van der Waals surface area (Å²) in [6.45, 7) is 11.5. The van der Waals surface area contributed by atoms with Crippen LogP contribution < -0.4 is 0 Å². The molecule has 0 aromatic rings. The summed E-state index contributed by atoms with van der Waals surface area (Å²) in [6.07, 6.45) is 3.96. The van der Waals surface area contributed by atoms with Gasteiger partial charge in [-0.3, -0.25) is 4.90 Å². The molecule has 2 heterocycles. The van der Waals surface area contributed by atoms with E-state index in [0.717, 1.165) is 32.7 Å². The van der Waals surface area contributed by atoms with Crippen LogP contribution in [0.25, 0.3) is 0 Å². The molecule has 2 atom stereocenters. The summed E-state index contributed by atoms with van der Waals surface area (Å²) < 4.78 is 30.6. The number of rotatable bonds is 3. The van der Waals surface area contributed by atoms with Gasteiger partial charge in [-0.2, -0.15) is 4.31 Å². The van der Waals surface area contributed by atoms with Gasteiger partial charge in [0.25, 0.3) is 0 Å². The van der Waals surface area contributed by atoms with Crippen molar-refractivity contribution in [3.63, 3.8) is 0 Å². The normalized spacial score (nSPS) is 30.5. The quantitative estimate of drug-likeness (QED) is 0.789. The van der Waals surface area contributed by atoms with Crippen LogP contribution >= 0.6 is 0 Å². The predicted octanol–water partition coefficient (Wildman–Crippen LogP) is 1.40. The van der Waals surface area contributed by atoms with E-state index in [4.69, 9.17) is 4.74 Å². The monoisotopic (exact) mass is 318 g/mol. The van der Waals surface area contributed by atoms with Crippen molar-refractivity contribution < 1.29 is 13.2 Å². The average Bonchev–Trinajstić information content (AvgIpc) is 2.38. The standard InChI is InChI=1S/C15H30N2O3S/c1-15(2,3)13-5-6-14(20-12-13)11-16-7-9-17(10-8-16)21(4,18)19/h13-14H,5-12H2,1-4H3. The van der Waals surface area contributed by atoms with Crippen LogP contribution in [0.4, 0.5) is 0 Å². The molecule has 0 saturated carbocycles. The summed E-state index contributed by atoms with van der Waals surface area (Å²) in [5.41, 5.74) is 0.325. The van der Waals surface area contributed by atoms with Crippen molar-refractivity contribution in [2.24, 2.45) is 11.3 Å². The fraction of sp³-hybridized carbons (Fsp3) is 1.00. The summed E-state index contributed by atoms with van der Waals surface area (Å²) in [5, 5.41) is 0. The molecule has 0 N–H and O–H groups in total. The third kappa shape index (κ3) is 4.91. The van der Waals surface area contributed by atoms with Gasteiger partial charge in [-0.25, -0.2) is 8.42 Å². The second-order valence-electron chi connectivity index (χ2n) is 7.56. The summed E-state index contributed by atoms with van der Waals surface area (Å²) in [4.78, 5) is 2.34. The molecular formula is C15H30N2O3S.